The molecule has 0 unspecified atom stereocenters. The second-order valence-corrected chi connectivity index (χ2v) is 9.75. The van der Waals surface area contributed by atoms with Crippen LogP contribution in [-0.4, -0.2) is 15.3 Å². The Hall–Kier alpha value is -1.55. The Morgan fingerprint density at radius 1 is 1.19 bits per heavy atom. The molecule has 1 aromatic carbocycles. The van der Waals surface area contributed by atoms with E-state index in [4.69, 9.17) is 4.98 Å². The molecule has 0 N–H and O–H groups in total. The predicted molar refractivity (Wildman–Crippen MR) is 114 cm³/mol. The maximum atomic E-state index is 13.5. The van der Waals surface area contributed by atoms with E-state index < -0.39 is 0 Å². The van der Waals surface area contributed by atoms with E-state index in [9.17, 15) is 4.79 Å². The van der Waals surface area contributed by atoms with Crippen LogP contribution in [0.25, 0.3) is 11.3 Å². The first-order chi connectivity index (χ1) is 13.0. The number of benzene rings is 1. The van der Waals surface area contributed by atoms with Gasteiger partial charge in [-0.3, -0.25) is 9.36 Å². The van der Waals surface area contributed by atoms with Crippen molar-refractivity contribution in [3.05, 3.63) is 45.7 Å². The molecule has 2 aliphatic rings. The summed E-state index contributed by atoms with van der Waals surface area (Å²) in [7, 11) is 1.91. The molecule has 1 fully saturated rings. The molecule has 1 saturated carbocycles. The normalized spacial score (nSPS) is 17.8. The Kier molecular flexibility index (Phi) is 5.19. The molecule has 0 aliphatic heterocycles. The van der Waals surface area contributed by atoms with Crippen LogP contribution in [0.4, 0.5) is 0 Å². The van der Waals surface area contributed by atoms with Crippen LogP contribution < -0.4 is 5.56 Å². The van der Waals surface area contributed by atoms with Gasteiger partial charge in [-0.05, 0) is 37.2 Å². The highest BCUT2D eigenvalue weighted by atomic mass is 32.2. The lowest BCUT2D eigenvalue weighted by Crippen LogP contribution is -2.42. The van der Waals surface area contributed by atoms with Crippen molar-refractivity contribution in [2.24, 2.45) is 13.0 Å². The maximum Gasteiger partial charge on any atom is 0.258 e. The molecule has 0 bridgehead atoms. The zero-order valence-electron chi connectivity index (χ0n) is 16.8. The molecule has 1 aromatic heterocycles. The van der Waals surface area contributed by atoms with Crippen LogP contribution in [-0.2, 0) is 18.9 Å². The number of nitrogens with zero attached hydrogens (tertiary/aromatic N) is 2. The van der Waals surface area contributed by atoms with Gasteiger partial charge in [0.1, 0.15) is 0 Å². The zero-order chi connectivity index (χ0) is 19.0. The Labute approximate surface area is 166 Å². The molecule has 1 spiro atoms. The molecule has 144 valence electrons. The fraction of sp³-hybridized carbons (Fsp3) is 0.565. The Bertz CT molecular complexity index is 894. The second kappa shape index (κ2) is 7.46. The van der Waals surface area contributed by atoms with E-state index in [2.05, 4.69) is 38.1 Å². The summed E-state index contributed by atoms with van der Waals surface area (Å²) in [5.74, 6) is 1.67. The smallest absolute Gasteiger partial charge is 0.258 e. The van der Waals surface area contributed by atoms with Gasteiger partial charge in [0.15, 0.2) is 5.16 Å². The fourth-order valence-corrected chi connectivity index (χ4v) is 5.99. The zero-order valence-corrected chi connectivity index (χ0v) is 17.6. The van der Waals surface area contributed by atoms with Gasteiger partial charge in [-0.25, -0.2) is 4.98 Å². The Morgan fingerprint density at radius 2 is 1.93 bits per heavy atom. The minimum absolute atomic E-state index is 0.00902. The van der Waals surface area contributed by atoms with Gasteiger partial charge < -0.3 is 0 Å². The molecule has 0 radical (unpaired) electrons. The highest BCUT2D eigenvalue weighted by molar-refractivity contribution is 7.99. The highest BCUT2D eigenvalue weighted by Crippen LogP contribution is 2.48. The quantitative estimate of drug-likeness (QED) is 0.528. The summed E-state index contributed by atoms with van der Waals surface area (Å²) in [4.78, 5) is 18.6. The number of fused-ring (bicyclic) bond motifs is 4. The summed E-state index contributed by atoms with van der Waals surface area (Å²) in [6, 6.07) is 8.59. The van der Waals surface area contributed by atoms with Gasteiger partial charge >= 0.3 is 0 Å². The SMILES string of the molecule is CC(C)CCSc1nc2c(c(=O)n1C)C1(CCCCC1)Cc1ccccc1-2. The van der Waals surface area contributed by atoms with Gasteiger partial charge in [-0.1, -0.05) is 69.1 Å². The van der Waals surface area contributed by atoms with Crippen molar-refractivity contribution in [1.29, 1.82) is 0 Å². The van der Waals surface area contributed by atoms with Gasteiger partial charge in [-0.2, -0.15) is 0 Å². The number of rotatable bonds is 4. The second-order valence-electron chi connectivity index (χ2n) is 8.69. The molecule has 0 amide bonds. The van der Waals surface area contributed by atoms with Gasteiger partial charge in [0.2, 0.25) is 0 Å². The van der Waals surface area contributed by atoms with Gasteiger partial charge in [0, 0.05) is 23.8 Å². The minimum atomic E-state index is -0.00902. The molecular formula is C23H30N2OS. The topological polar surface area (TPSA) is 34.9 Å². The van der Waals surface area contributed by atoms with Crippen LogP contribution in [0.15, 0.2) is 34.2 Å². The van der Waals surface area contributed by atoms with Crippen LogP contribution in [0.1, 0.15) is 63.5 Å². The predicted octanol–water partition coefficient (Wildman–Crippen LogP) is 5.34. The average molecular weight is 383 g/mol. The molecule has 2 aliphatic carbocycles. The lowest BCUT2D eigenvalue weighted by atomic mass is 9.62. The van der Waals surface area contributed by atoms with E-state index in [-0.39, 0.29) is 11.0 Å². The van der Waals surface area contributed by atoms with Crippen LogP contribution in [0, 0.1) is 5.92 Å². The van der Waals surface area contributed by atoms with Crippen LogP contribution >= 0.6 is 11.8 Å². The van der Waals surface area contributed by atoms with Gasteiger partial charge in [0.05, 0.1) is 11.3 Å². The Balaban J connectivity index is 1.85. The first-order valence-corrected chi connectivity index (χ1v) is 11.3. The van der Waals surface area contributed by atoms with E-state index in [1.165, 1.54) is 30.4 Å². The standard InChI is InChI=1S/C23H30N2OS/c1-16(2)11-14-27-22-24-20-18-10-6-5-9-17(18)15-23(12-7-4-8-13-23)19(20)21(26)25(22)3/h5-6,9-10,16H,4,7-8,11-15H2,1-3H3. The third kappa shape index (κ3) is 3.37. The molecule has 0 atom stereocenters. The van der Waals surface area contributed by atoms with Gasteiger partial charge in [-0.15, -0.1) is 0 Å². The van der Waals surface area contributed by atoms with Crippen LogP contribution in [0.5, 0.6) is 0 Å². The first kappa shape index (κ1) is 18.8. The van der Waals surface area contributed by atoms with E-state index in [1.54, 1.807) is 11.8 Å². The molecule has 4 rings (SSSR count). The molecule has 1 heterocycles. The molecule has 27 heavy (non-hydrogen) atoms. The van der Waals surface area contributed by atoms with Crippen LogP contribution in [0.3, 0.4) is 0 Å². The Morgan fingerprint density at radius 3 is 2.67 bits per heavy atom. The van der Waals surface area contributed by atoms with Crippen molar-refractivity contribution in [3.63, 3.8) is 0 Å². The molecule has 4 heteroatoms. The van der Waals surface area contributed by atoms with Crippen molar-refractivity contribution in [1.82, 2.24) is 9.55 Å². The van der Waals surface area contributed by atoms with E-state index in [1.807, 2.05) is 11.6 Å². The van der Waals surface area contributed by atoms with Crippen LogP contribution in [0.2, 0.25) is 0 Å². The molecule has 2 aromatic rings. The lowest BCUT2D eigenvalue weighted by molar-refractivity contribution is 0.283. The largest absolute Gasteiger partial charge is 0.290 e. The van der Waals surface area contributed by atoms with Crippen molar-refractivity contribution in [3.8, 4) is 11.3 Å². The van der Waals surface area contributed by atoms with E-state index >= 15 is 0 Å². The summed E-state index contributed by atoms with van der Waals surface area (Å²) in [6.45, 7) is 4.48. The number of hydrogen-bond acceptors (Lipinski definition) is 3. The first-order valence-electron chi connectivity index (χ1n) is 10.3. The van der Waals surface area contributed by atoms with Crippen molar-refractivity contribution in [2.45, 2.75) is 69.4 Å². The third-order valence-electron chi connectivity index (χ3n) is 6.32. The fourth-order valence-electron chi connectivity index (χ4n) is 4.78. The monoisotopic (exact) mass is 382 g/mol. The summed E-state index contributed by atoms with van der Waals surface area (Å²) < 4.78 is 1.81. The summed E-state index contributed by atoms with van der Waals surface area (Å²) >= 11 is 1.72. The van der Waals surface area contributed by atoms with Crippen molar-refractivity contribution < 1.29 is 0 Å². The summed E-state index contributed by atoms with van der Waals surface area (Å²) in [5, 5.41) is 0.863. The number of hydrogen-bond donors (Lipinski definition) is 0. The lowest BCUT2D eigenvalue weighted by Gasteiger charge is -2.42. The maximum absolute atomic E-state index is 13.5. The minimum Gasteiger partial charge on any atom is -0.290 e. The third-order valence-corrected chi connectivity index (χ3v) is 7.38. The van der Waals surface area contributed by atoms with E-state index in [0.717, 1.165) is 47.8 Å². The summed E-state index contributed by atoms with van der Waals surface area (Å²) in [5.41, 5.74) is 4.68. The highest BCUT2D eigenvalue weighted by Gasteiger charge is 2.43. The van der Waals surface area contributed by atoms with Crippen molar-refractivity contribution in [2.75, 3.05) is 5.75 Å². The molecule has 0 saturated heterocycles. The van der Waals surface area contributed by atoms with Crippen molar-refractivity contribution >= 4 is 11.8 Å². The molecule has 3 nitrogen and oxygen atoms in total. The van der Waals surface area contributed by atoms with Gasteiger partial charge in [0.25, 0.3) is 5.56 Å². The molecular weight excluding hydrogens is 352 g/mol. The van der Waals surface area contributed by atoms with E-state index in [0.29, 0.717) is 5.92 Å². The summed E-state index contributed by atoms with van der Waals surface area (Å²) in [6.07, 6.45) is 8.09. The average Bonchev–Trinajstić information content (AvgIpc) is 2.65. The number of thioether (sulfide) groups is 1. The number of aromatic nitrogens is 2.